The molecule has 0 bridgehead atoms. The highest BCUT2D eigenvalue weighted by Crippen LogP contribution is 2.19. The number of aromatic nitrogens is 9. The van der Waals surface area contributed by atoms with E-state index in [4.69, 9.17) is 9.47 Å². The normalized spacial score (nSPS) is 11.1. The summed E-state index contributed by atoms with van der Waals surface area (Å²) in [5.41, 5.74) is 3.43. The predicted octanol–water partition coefficient (Wildman–Crippen LogP) is 2.74. The molecular weight excluding hydrogens is 434 g/mol. The summed E-state index contributed by atoms with van der Waals surface area (Å²) in [6, 6.07) is 23.4. The number of tetrazole rings is 2. The lowest BCUT2D eigenvalue weighted by atomic mass is 10.2. The van der Waals surface area contributed by atoms with Gasteiger partial charge < -0.3 is 9.47 Å². The van der Waals surface area contributed by atoms with Gasteiger partial charge in [-0.15, -0.1) is 30.0 Å². The quantitative estimate of drug-likeness (QED) is 0.313. The third-order valence-electron chi connectivity index (χ3n) is 4.79. The van der Waals surface area contributed by atoms with Crippen LogP contribution in [0.15, 0.2) is 79.0 Å². The highest BCUT2D eigenvalue weighted by atomic mass is 16.5. The van der Waals surface area contributed by atoms with Crippen LogP contribution in [0.4, 0.5) is 0 Å². The molecule has 0 saturated heterocycles. The molecule has 0 radical (unpaired) electrons. The zero-order chi connectivity index (χ0) is 23.0. The summed E-state index contributed by atoms with van der Waals surface area (Å²) in [6.45, 7) is 1.30. The second-order valence-corrected chi connectivity index (χ2v) is 7.33. The van der Waals surface area contributed by atoms with Crippen LogP contribution in [0.2, 0.25) is 0 Å². The first kappa shape index (κ1) is 21.5. The molecule has 11 nitrogen and oxygen atoms in total. The summed E-state index contributed by atoms with van der Waals surface area (Å²) < 4.78 is 11.3. The minimum Gasteiger partial charge on any atom is -0.353 e. The van der Waals surface area contributed by atoms with E-state index < -0.39 is 0 Å². The summed E-state index contributed by atoms with van der Waals surface area (Å²) in [5.74, 6) is 0.828. The van der Waals surface area contributed by atoms with Crippen LogP contribution >= 0.6 is 0 Å². The minimum absolute atomic E-state index is 0.181. The van der Waals surface area contributed by atoms with E-state index in [1.165, 1.54) is 9.59 Å². The Morgan fingerprint density at radius 3 is 1.82 bits per heavy atom. The topological polar surface area (TPSA) is 119 Å². The zero-order valence-electron chi connectivity index (χ0n) is 18.2. The monoisotopic (exact) mass is 455 g/mol. The zero-order valence-corrected chi connectivity index (χ0v) is 18.2. The number of pyridine rings is 1. The van der Waals surface area contributed by atoms with Gasteiger partial charge in [0.05, 0.1) is 13.2 Å². The van der Waals surface area contributed by atoms with Gasteiger partial charge >= 0.3 is 0 Å². The molecule has 0 atom stereocenters. The molecule has 0 fully saturated rings. The molecule has 5 rings (SSSR count). The Balaban J connectivity index is 1.19. The van der Waals surface area contributed by atoms with Crippen molar-refractivity contribution in [2.45, 2.75) is 26.7 Å². The van der Waals surface area contributed by atoms with Gasteiger partial charge in [-0.2, -0.15) is 0 Å². The molecule has 11 heteroatoms. The molecule has 0 amide bonds. The maximum Gasteiger partial charge on any atom is 0.223 e. The molecule has 0 aliphatic carbocycles. The van der Waals surface area contributed by atoms with Gasteiger partial charge in [0.1, 0.15) is 5.69 Å². The van der Waals surface area contributed by atoms with E-state index in [0.29, 0.717) is 30.6 Å². The first-order chi connectivity index (χ1) is 16.8. The van der Waals surface area contributed by atoms with E-state index in [1.807, 2.05) is 60.7 Å². The molecule has 0 spiro atoms. The van der Waals surface area contributed by atoms with Crippen molar-refractivity contribution in [3.8, 4) is 22.9 Å². The Morgan fingerprint density at radius 1 is 0.647 bits per heavy atom. The van der Waals surface area contributed by atoms with E-state index in [2.05, 4.69) is 35.8 Å². The number of hydrogen-bond donors (Lipinski definition) is 0. The van der Waals surface area contributed by atoms with Crippen molar-refractivity contribution >= 4 is 0 Å². The minimum atomic E-state index is 0.181. The molecule has 3 aromatic heterocycles. The van der Waals surface area contributed by atoms with Gasteiger partial charge in [-0.3, -0.25) is 4.98 Å². The van der Waals surface area contributed by atoms with E-state index in [9.17, 15) is 0 Å². The molecule has 3 heterocycles. The van der Waals surface area contributed by atoms with Crippen LogP contribution < -0.4 is 0 Å². The van der Waals surface area contributed by atoms with E-state index in [0.717, 1.165) is 16.7 Å². The Morgan fingerprint density at radius 2 is 1.21 bits per heavy atom. The molecule has 170 valence electrons. The fraction of sp³-hybridized carbons (Fsp3) is 0.174. The molecule has 0 N–H and O–H groups in total. The van der Waals surface area contributed by atoms with Gasteiger partial charge in [-0.1, -0.05) is 60.7 Å². The molecule has 5 aromatic rings. The van der Waals surface area contributed by atoms with Crippen molar-refractivity contribution in [1.29, 1.82) is 0 Å². The van der Waals surface area contributed by atoms with Gasteiger partial charge in [-0.25, -0.2) is 0 Å². The number of ether oxygens (including phenoxy) is 2. The van der Waals surface area contributed by atoms with E-state index >= 15 is 0 Å². The van der Waals surface area contributed by atoms with Crippen molar-refractivity contribution in [3.05, 3.63) is 90.1 Å². The van der Waals surface area contributed by atoms with E-state index in [-0.39, 0.29) is 13.5 Å². The summed E-state index contributed by atoms with van der Waals surface area (Å²) in [4.78, 5) is 7.12. The average molecular weight is 455 g/mol. The second-order valence-electron chi connectivity index (χ2n) is 7.33. The maximum atomic E-state index is 5.65. The summed E-state index contributed by atoms with van der Waals surface area (Å²) in [7, 11) is 0. The van der Waals surface area contributed by atoms with Gasteiger partial charge in [-0.05, 0) is 33.7 Å². The first-order valence-corrected chi connectivity index (χ1v) is 10.6. The largest absolute Gasteiger partial charge is 0.353 e. The van der Waals surface area contributed by atoms with Crippen molar-refractivity contribution in [2.24, 2.45) is 0 Å². The van der Waals surface area contributed by atoms with Gasteiger partial charge in [0, 0.05) is 11.8 Å². The van der Waals surface area contributed by atoms with Gasteiger partial charge in [0.2, 0.25) is 11.6 Å². The predicted molar refractivity (Wildman–Crippen MR) is 120 cm³/mol. The highest BCUT2D eigenvalue weighted by molar-refractivity contribution is 5.61. The number of hydrogen-bond acceptors (Lipinski definition) is 9. The Labute approximate surface area is 195 Å². The summed E-state index contributed by atoms with van der Waals surface area (Å²) >= 11 is 0. The Kier molecular flexibility index (Phi) is 6.64. The number of nitrogens with zero attached hydrogens (tertiary/aromatic N) is 9. The fourth-order valence-electron chi connectivity index (χ4n) is 3.14. The van der Waals surface area contributed by atoms with Crippen LogP contribution in [0.1, 0.15) is 11.1 Å². The average Bonchev–Trinajstić information content (AvgIpc) is 3.56. The van der Waals surface area contributed by atoms with Crippen molar-refractivity contribution in [3.63, 3.8) is 0 Å². The number of benzene rings is 2. The fourth-order valence-corrected chi connectivity index (χ4v) is 3.14. The summed E-state index contributed by atoms with van der Waals surface area (Å²) in [5, 5.41) is 25.0. The molecular formula is C23H21N9O2. The van der Waals surface area contributed by atoms with Crippen LogP contribution in [0.25, 0.3) is 22.9 Å². The third kappa shape index (κ3) is 5.52. The molecule has 0 aliphatic rings. The highest BCUT2D eigenvalue weighted by Gasteiger charge is 2.12. The lowest BCUT2D eigenvalue weighted by Gasteiger charge is -2.02. The molecule has 0 unspecified atom stereocenters. The van der Waals surface area contributed by atoms with E-state index in [1.54, 1.807) is 18.3 Å². The van der Waals surface area contributed by atoms with Crippen LogP contribution in [0.5, 0.6) is 0 Å². The first-order valence-electron chi connectivity index (χ1n) is 10.6. The lowest BCUT2D eigenvalue weighted by Crippen LogP contribution is -2.06. The molecule has 34 heavy (non-hydrogen) atoms. The van der Waals surface area contributed by atoms with Crippen molar-refractivity contribution in [1.82, 2.24) is 45.4 Å². The maximum absolute atomic E-state index is 5.65. The van der Waals surface area contributed by atoms with Gasteiger partial charge in [0.25, 0.3) is 0 Å². The van der Waals surface area contributed by atoms with Crippen LogP contribution in [0.3, 0.4) is 0 Å². The van der Waals surface area contributed by atoms with Crippen LogP contribution in [-0.2, 0) is 36.1 Å². The Hall–Kier alpha value is -4.35. The van der Waals surface area contributed by atoms with Crippen LogP contribution in [-0.4, -0.2) is 45.4 Å². The molecule has 2 aromatic carbocycles. The standard InChI is InChI=1S/C23H21N9O2/c1-3-7-18(8-4-1)14-33-16-31-27-22(25-29-31)20-11-12-24-21(13-20)23-26-30-32(28-23)17-34-15-19-9-5-2-6-10-19/h1-13H,14-17H2. The number of rotatable bonds is 10. The third-order valence-corrected chi connectivity index (χ3v) is 4.79. The lowest BCUT2D eigenvalue weighted by molar-refractivity contribution is 0.0459. The molecule has 0 aliphatic heterocycles. The second kappa shape index (κ2) is 10.5. The summed E-state index contributed by atoms with van der Waals surface area (Å²) in [6.07, 6.45) is 1.64. The SMILES string of the molecule is c1ccc(COCn2nnc(-c3ccnc(-c4nnn(COCc5ccccc5)n4)c3)n2)cc1. The van der Waals surface area contributed by atoms with Crippen molar-refractivity contribution in [2.75, 3.05) is 0 Å². The van der Waals surface area contributed by atoms with Crippen molar-refractivity contribution < 1.29 is 9.47 Å². The molecule has 0 saturated carbocycles. The Bertz CT molecular complexity index is 1220. The van der Waals surface area contributed by atoms with Crippen LogP contribution in [0, 0.1) is 0 Å². The smallest absolute Gasteiger partial charge is 0.223 e. The van der Waals surface area contributed by atoms with Gasteiger partial charge in [0.15, 0.2) is 13.5 Å².